The molecule has 2 rings (SSSR count). The molecule has 3 nitrogen and oxygen atoms in total. The second kappa shape index (κ2) is 2.42. The monoisotopic (exact) mass is 138 g/mol. The van der Waals surface area contributed by atoms with E-state index in [0.29, 0.717) is 0 Å². The molecule has 10 heavy (non-hydrogen) atoms. The first kappa shape index (κ1) is 5.92. The van der Waals surface area contributed by atoms with Crippen LogP contribution in [0, 0.1) is 0 Å². The van der Waals surface area contributed by atoms with Gasteiger partial charge >= 0.3 is 0 Å². The van der Waals surface area contributed by atoms with Gasteiger partial charge in [0.1, 0.15) is 0 Å². The lowest BCUT2D eigenvalue weighted by molar-refractivity contribution is 0.139. The molecule has 0 unspecified atom stereocenters. The molecule has 1 aromatic heterocycles. The van der Waals surface area contributed by atoms with Crippen LogP contribution in [-0.4, -0.2) is 23.0 Å². The van der Waals surface area contributed by atoms with Crippen molar-refractivity contribution in [3.8, 4) is 0 Å². The quantitative estimate of drug-likeness (QED) is 0.520. The summed E-state index contributed by atoms with van der Waals surface area (Å²) in [5.74, 6) is 0. The molecule has 0 atom stereocenters. The number of hydrogen-bond acceptors (Lipinski definition) is 2. The number of ether oxygens (including phenoxy) is 1. The van der Waals surface area contributed by atoms with Crippen molar-refractivity contribution >= 4 is 0 Å². The first-order valence-electron chi connectivity index (χ1n) is 3.55. The molecule has 2 heterocycles. The maximum Gasteiger partial charge on any atom is 0.0662 e. The zero-order chi connectivity index (χ0) is 6.81. The smallest absolute Gasteiger partial charge is 0.0662 e. The molecule has 0 saturated heterocycles. The van der Waals surface area contributed by atoms with E-state index in [0.717, 1.165) is 26.2 Å². The summed E-state index contributed by atoms with van der Waals surface area (Å²) in [5.41, 5.74) is 1.29. The summed E-state index contributed by atoms with van der Waals surface area (Å²) in [6.07, 6.45) is 2.85. The van der Waals surface area contributed by atoms with Gasteiger partial charge in [0.2, 0.25) is 0 Å². The van der Waals surface area contributed by atoms with Gasteiger partial charge in [-0.1, -0.05) is 0 Å². The summed E-state index contributed by atoms with van der Waals surface area (Å²) in [5, 5.41) is 4.15. The predicted octanol–water partition coefficient (Wildman–Crippen LogP) is 0.456. The normalized spacial score (nSPS) is 18.0. The fourth-order valence-corrected chi connectivity index (χ4v) is 1.20. The fourth-order valence-electron chi connectivity index (χ4n) is 1.20. The number of fused-ring (bicyclic) bond motifs is 1. The summed E-state index contributed by atoms with van der Waals surface area (Å²) in [6.45, 7) is 2.54. The first-order valence-corrected chi connectivity index (χ1v) is 3.55. The summed E-state index contributed by atoms with van der Waals surface area (Å²) in [7, 11) is 0. The largest absolute Gasteiger partial charge is 0.379 e. The second-order valence-electron chi connectivity index (χ2n) is 2.41. The third-order valence-electron chi connectivity index (χ3n) is 1.75. The van der Waals surface area contributed by atoms with Gasteiger partial charge in [-0.05, 0) is 6.07 Å². The van der Waals surface area contributed by atoms with Crippen molar-refractivity contribution < 1.29 is 4.74 Å². The highest BCUT2D eigenvalue weighted by Crippen LogP contribution is 2.03. The molecule has 0 amide bonds. The highest BCUT2D eigenvalue weighted by molar-refractivity contribution is 5.01. The molecule has 0 spiro atoms. The van der Waals surface area contributed by atoms with E-state index >= 15 is 0 Å². The van der Waals surface area contributed by atoms with Crippen LogP contribution < -0.4 is 0 Å². The maximum absolute atomic E-state index is 5.27. The van der Waals surface area contributed by atoms with Gasteiger partial charge in [-0.3, -0.25) is 4.68 Å². The Kier molecular flexibility index (Phi) is 1.43. The lowest BCUT2D eigenvalue weighted by atomic mass is 10.3. The summed E-state index contributed by atoms with van der Waals surface area (Å²) in [4.78, 5) is 0. The highest BCUT2D eigenvalue weighted by atomic mass is 16.5. The number of aromatic nitrogens is 2. The third-order valence-corrected chi connectivity index (χ3v) is 1.75. The van der Waals surface area contributed by atoms with Crippen molar-refractivity contribution in [2.75, 3.05) is 13.2 Å². The minimum Gasteiger partial charge on any atom is -0.379 e. The molecule has 1 aliphatic rings. The van der Waals surface area contributed by atoms with Crippen LogP contribution in [0.4, 0.5) is 0 Å². The topological polar surface area (TPSA) is 27.1 Å². The highest BCUT2D eigenvalue weighted by Gasteiger charge is 2.05. The number of hydrogen-bond donors (Lipinski definition) is 0. The van der Waals surface area contributed by atoms with E-state index in [1.165, 1.54) is 5.69 Å². The molecule has 1 aromatic rings. The van der Waals surface area contributed by atoms with Crippen LogP contribution in [0.1, 0.15) is 5.69 Å². The van der Waals surface area contributed by atoms with Gasteiger partial charge in [-0.25, -0.2) is 0 Å². The van der Waals surface area contributed by atoms with Gasteiger partial charge in [0.15, 0.2) is 0 Å². The minimum atomic E-state index is 0.800. The zero-order valence-corrected chi connectivity index (χ0v) is 5.79. The Morgan fingerprint density at radius 3 is 3.50 bits per heavy atom. The fraction of sp³-hybridized carbons (Fsp3) is 0.571. The van der Waals surface area contributed by atoms with Crippen LogP contribution in [0.25, 0.3) is 0 Å². The molecule has 0 aliphatic carbocycles. The van der Waals surface area contributed by atoms with E-state index in [2.05, 4.69) is 11.2 Å². The van der Waals surface area contributed by atoms with Gasteiger partial charge in [0.05, 0.1) is 19.8 Å². The lowest BCUT2D eigenvalue weighted by Gasteiger charge is -1.97. The summed E-state index contributed by atoms with van der Waals surface area (Å²) >= 11 is 0. The van der Waals surface area contributed by atoms with E-state index in [9.17, 15) is 0 Å². The van der Waals surface area contributed by atoms with Gasteiger partial charge in [-0.2, -0.15) is 5.10 Å². The molecule has 0 saturated carbocycles. The number of nitrogens with zero attached hydrogens (tertiary/aromatic N) is 2. The Balaban J connectivity index is 2.28. The Morgan fingerprint density at radius 1 is 1.50 bits per heavy atom. The molecular formula is C7H10N2O. The van der Waals surface area contributed by atoms with Crippen LogP contribution in [0.5, 0.6) is 0 Å². The maximum atomic E-state index is 5.27. The minimum absolute atomic E-state index is 0.800. The second-order valence-corrected chi connectivity index (χ2v) is 2.41. The average Bonchev–Trinajstić information content (AvgIpc) is 2.28. The van der Waals surface area contributed by atoms with Crippen molar-refractivity contribution in [1.82, 2.24) is 9.78 Å². The van der Waals surface area contributed by atoms with Crippen LogP contribution in [-0.2, 0) is 17.7 Å². The van der Waals surface area contributed by atoms with Crippen molar-refractivity contribution in [2.24, 2.45) is 0 Å². The van der Waals surface area contributed by atoms with Crippen LogP contribution >= 0.6 is 0 Å². The van der Waals surface area contributed by atoms with Crippen LogP contribution in [0.3, 0.4) is 0 Å². The Morgan fingerprint density at radius 2 is 2.50 bits per heavy atom. The molecular weight excluding hydrogens is 128 g/mol. The molecule has 3 heteroatoms. The SMILES string of the molecule is c1cc2n(n1)CCOCC2. The molecule has 0 N–H and O–H groups in total. The van der Waals surface area contributed by atoms with Gasteiger partial charge in [-0.15, -0.1) is 0 Å². The van der Waals surface area contributed by atoms with Crippen molar-refractivity contribution in [3.63, 3.8) is 0 Å². The van der Waals surface area contributed by atoms with Crippen LogP contribution in [0.2, 0.25) is 0 Å². The zero-order valence-electron chi connectivity index (χ0n) is 5.79. The van der Waals surface area contributed by atoms with Gasteiger partial charge in [0, 0.05) is 18.3 Å². The van der Waals surface area contributed by atoms with E-state index < -0.39 is 0 Å². The predicted molar refractivity (Wildman–Crippen MR) is 36.8 cm³/mol. The van der Waals surface area contributed by atoms with Crippen molar-refractivity contribution in [2.45, 2.75) is 13.0 Å². The van der Waals surface area contributed by atoms with Crippen LogP contribution in [0.15, 0.2) is 12.3 Å². The lowest BCUT2D eigenvalue weighted by Crippen LogP contribution is -2.04. The first-order chi connectivity index (χ1) is 4.97. The Hall–Kier alpha value is -0.830. The Bertz CT molecular complexity index is 199. The summed E-state index contributed by atoms with van der Waals surface area (Å²) in [6, 6.07) is 2.05. The molecule has 0 radical (unpaired) electrons. The Labute approximate surface area is 59.6 Å². The number of rotatable bonds is 0. The van der Waals surface area contributed by atoms with E-state index in [4.69, 9.17) is 4.74 Å². The summed E-state index contributed by atoms with van der Waals surface area (Å²) < 4.78 is 7.28. The van der Waals surface area contributed by atoms with E-state index in [1.807, 2.05) is 10.9 Å². The van der Waals surface area contributed by atoms with Gasteiger partial charge < -0.3 is 4.74 Å². The van der Waals surface area contributed by atoms with Crippen molar-refractivity contribution in [3.05, 3.63) is 18.0 Å². The molecule has 0 aromatic carbocycles. The molecule has 54 valence electrons. The van der Waals surface area contributed by atoms with Gasteiger partial charge in [0.25, 0.3) is 0 Å². The third kappa shape index (κ3) is 0.926. The molecule has 0 fully saturated rings. The molecule has 0 bridgehead atoms. The van der Waals surface area contributed by atoms with E-state index in [1.54, 1.807) is 0 Å². The molecule has 1 aliphatic heterocycles. The standard InChI is InChI=1S/C7H10N2O/c1-3-8-9-4-6-10-5-2-7(1)9/h1,3H,2,4-6H2. The van der Waals surface area contributed by atoms with E-state index in [-0.39, 0.29) is 0 Å². The average molecular weight is 138 g/mol. The van der Waals surface area contributed by atoms with Crippen molar-refractivity contribution in [1.29, 1.82) is 0 Å².